The summed E-state index contributed by atoms with van der Waals surface area (Å²) in [6, 6.07) is 11.9. The van der Waals surface area contributed by atoms with Gasteiger partial charge in [0.25, 0.3) is 0 Å². The van der Waals surface area contributed by atoms with Crippen LogP contribution in [0.25, 0.3) is 0 Å². The predicted octanol–water partition coefficient (Wildman–Crippen LogP) is 3.00. The summed E-state index contributed by atoms with van der Waals surface area (Å²) in [4.78, 5) is 4.39. The lowest BCUT2D eigenvalue weighted by Crippen LogP contribution is -2.41. The Morgan fingerprint density at radius 3 is 2.28 bits per heavy atom. The second-order valence-corrected chi connectivity index (χ2v) is 7.26. The van der Waals surface area contributed by atoms with Crippen LogP contribution < -0.4 is 15.5 Å². The summed E-state index contributed by atoms with van der Waals surface area (Å²) < 4.78 is 17.4. The van der Waals surface area contributed by atoms with Crippen molar-refractivity contribution < 1.29 is 14.0 Å². The number of hydrogen-bond donors (Lipinski definition) is 1. The van der Waals surface area contributed by atoms with Gasteiger partial charge >= 0.3 is 7.12 Å². The quantitative estimate of drug-likeness (QED) is 0.848. The lowest BCUT2D eigenvalue weighted by atomic mass is 9.80. The molecule has 0 radical (unpaired) electrons. The van der Waals surface area contributed by atoms with E-state index < -0.39 is 0 Å². The zero-order chi connectivity index (χ0) is 18.1. The molecule has 1 N–H and O–H groups in total. The van der Waals surface area contributed by atoms with Crippen molar-refractivity contribution in [3.05, 3.63) is 48.2 Å². The molecule has 2 aromatic rings. The van der Waals surface area contributed by atoms with Crippen molar-refractivity contribution in [2.45, 2.75) is 45.4 Å². The Morgan fingerprint density at radius 1 is 1.04 bits per heavy atom. The molecule has 0 bridgehead atoms. The van der Waals surface area contributed by atoms with E-state index in [9.17, 15) is 0 Å². The zero-order valence-corrected chi connectivity index (χ0v) is 15.5. The van der Waals surface area contributed by atoms with Crippen molar-refractivity contribution in [1.29, 1.82) is 0 Å². The molecule has 6 heteroatoms. The highest BCUT2D eigenvalue weighted by Gasteiger charge is 2.51. The third-order valence-corrected chi connectivity index (χ3v) is 4.94. The van der Waals surface area contributed by atoms with E-state index in [0.717, 1.165) is 22.6 Å². The van der Waals surface area contributed by atoms with E-state index >= 15 is 0 Å². The van der Waals surface area contributed by atoms with Crippen molar-refractivity contribution >= 4 is 18.4 Å². The lowest BCUT2D eigenvalue weighted by Gasteiger charge is -2.32. The van der Waals surface area contributed by atoms with Gasteiger partial charge in [0, 0.05) is 12.7 Å². The molecule has 1 aromatic heterocycles. The molecule has 132 valence electrons. The first-order valence-electron chi connectivity index (χ1n) is 8.49. The van der Waals surface area contributed by atoms with E-state index in [0.29, 0.717) is 6.54 Å². The van der Waals surface area contributed by atoms with Gasteiger partial charge in [-0.15, -0.1) is 0 Å². The number of benzene rings is 1. The zero-order valence-electron chi connectivity index (χ0n) is 15.5. The second kappa shape index (κ2) is 6.69. The number of nitrogens with zero attached hydrogens (tertiary/aromatic N) is 1. The molecule has 1 aliphatic heterocycles. The van der Waals surface area contributed by atoms with Crippen molar-refractivity contribution in [1.82, 2.24) is 4.98 Å². The molecular weight excluding hydrogens is 315 g/mol. The minimum atomic E-state index is -0.380. The molecule has 0 saturated carbocycles. The average Bonchev–Trinajstić information content (AvgIpc) is 2.81. The van der Waals surface area contributed by atoms with Gasteiger partial charge < -0.3 is 19.4 Å². The molecule has 25 heavy (non-hydrogen) atoms. The van der Waals surface area contributed by atoms with E-state index in [4.69, 9.17) is 14.0 Å². The van der Waals surface area contributed by atoms with Crippen LogP contribution in [-0.2, 0) is 15.9 Å². The van der Waals surface area contributed by atoms with Crippen LogP contribution in [0.15, 0.2) is 42.6 Å². The highest BCUT2D eigenvalue weighted by atomic mass is 16.7. The molecule has 0 amide bonds. The number of anilines is 1. The normalized spacial score (nSPS) is 18.2. The second-order valence-electron chi connectivity index (χ2n) is 7.26. The number of hydrogen-bond acceptors (Lipinski definition) is 5. The van der Waals surface area contributed by atoms with Gasteiger partial charge in [-0.25, -0.2) is 4.98 Å². The van der Waals surface area contributed by atoms with Gasteiger partial charge in [0.2, 0.25) is 0 Å². The minimum Gasteiger partial charge on any atom is -0.497 e. The first-order valence-corrected chi connectivity index (χ1v) is 8.49. The molecule has 1 aliphatic rings. The fourth-order valence-electron chi connectivity index (χ4n) is 2.61. The predicted molar refractivity (Wildman–Crippen MR) is 100 cm³/mol. The van der Waals surface area contributed by atoms with Gasteiger partial charge in [-0.2, -0.15) is 0 Å². The van der Waals surface area contributed by atoms with Crippen molar-refractivity contribution in [2.24, 2.45) is 0 Å². The fourth-order valence-corrected chi connectivity index (χ4v) is 2.61. The average molecular weight is 340 g/mol. The van der Waals surface area contributed by atoms with Crippen LogP contribution in [0.1, 0.15) is 33.3 Å². The monoisotopic (exact) mass is 340 g/mol. The van der Waals surface area contributed by atoms with Crippen LogP contribution in [0.2, 0.25) is 0 Å². The standard InChI is InChI=1S/C19H25BN2O3/c1-18(2)19(3,4)25-20(24-18)15-10-11-21-17(12-15)22-13-14-6-8-16(23-5)9-7-14/h6-12H,13H2,1-5H3,(H,21,22). The molecule has 0 unspecified atom stereocenters. The van der Waals surface area contributed by atoms with E-state index in [1.54, 1.807) is 13.3 Å². The van der Waals surface area contributed by atoms with Gasteiger partial charge in [-0.3, -0.25) is 0 Å². The van der Waals surface area contributed by atoms with E-state index in [1.165, 1.54) is 0 Å². The molecule has 5 nitrogen and oxygen atoms in total. The van der Waals surface area contributed by atoms with Gasteiger partial charge in [0.05, 0.1) is 18.3 Å². The maximum absolute atomic E-state index is 6.10. The van der Waals surface area contributed by atoms with Gasteiger partial charge in [0.1, 0.15) is 11.6 Å². The number of nitrogens with one attached hydrogen (secondary N) is 1. The van der Waals surface area contributed by atoms with Crippen molar-refractivity contribution in [3.63, 3.8) is 0 Å². The molecule has 0 aliphatic carbocycles. The highest BCUT2D eigenvalue weighted by Crippen LogP contribution is 2.36. The maximum Gasteiger partial charge on any atom is 0.495 e. The first kappa shape index (κ1) is 17.8. The number of ether oxygens (including phenoxy) is 1. The summed E-state index contributed by atoms with van der Waals surface area (Å²) in [5.74, 6) is 1.65. The topological polar surface area (TPSA) is 52.6 Å². The number of pyridine rings is 1. The third kappa shape index (κ3) is 3.80. The van der Waals surface area contributed by atoms with Crippen LogP contribution >= 0.6 is 0 Å². The highest BCUT2D eigenvalue weighted by molar-refractivity contribution is 6.62. The molecule has 2 heterocycles. The first-order chi connectivity index (χ1) is 11.8. The molecular formula is C19H25BN2O3. The number of methoxy groups -OCH3 is 1. The summed E-state index contributed by atoms with van der Waals surface area (Å²) in [5, 5.41) is 3.34. The van der Waals surface area contributed by atoms with Crippen molar-refractivity contribution in [3.8, 4) is 5.75 Å². The van der Waals surface area contributed by atoms with Crippen molar-refractivity contribution in [2.75, 3.05) is 12.4 Å². The summed E-state index contributed by atoms with van der Waals surface area (Å²) in [6.45, 7) is 8.89. The molecule has 3 rings (SSSR count). The van der Waals surface area contributed by atoms with Crippen LogP contribution in [-0.4, -0.2) is 30.4 Å². The molecule has 1 saturated heterocycles. The molecule has 0 spiro atoms. The Morgan fingerprint density at radius 2 is 1.68 bits per heavy atom. The minimum absolute atomic E-state index is 0.350. The number of rotatable bonds is 5. The molecule has 0 atom stereocenters. The summed E-state index contributed by atoms with van der Waals surface area (Å²) in [7, 11) is 1.29. The van der Waals surface area contributed by atoms with Crippen LogP contribution in [0.4, 0.5) is 5.82 Å². The largest absolute Gasteiger partial charge is 0.497 e. The van der Waals surface area contributed by atoms with Gasteiger partial charge in [-0.05, 0) is 63.0 Å². The van der Waals surface area contributed by atoms with E-state index in [-0.39, 0.29) is 18.3 Å². The van der Waals surface area contributed by atoms with Gasteiger partial charge in [-0.1, -0.05) is 12.1 Å². The molecule has 1 aromatic carbocycles. The summed E-state index contributed by atoms with van der Waals surface area (Å²) in [5.41, 5.74) is 1.42. The number of aromatic nitrogens is 1. The SMILES string of the molecule is COc1ccc(CNc2cc(B3OC(C)(C)C(C)(C)O3)ccn2)cc1. The van der Waals surface area contributed by atoms with Gasteiger partial charge in [0.15, 0.2) is 0 Å². The van der Waals surface area contributed by atoms with E-state index in [2.05, 4.69) is 38.0 Å². The Kier molecular flexibility index (Phi) is 4.76. The third-order valence-electron chi connectivity index (χ3n) is 4.94. The van der Waals surface area contributed by atoms with Crippen LogP contribution in [0.3, 0.4) is 0 Å². The lowest BCUT2D eigenvalue weighted by molar-refractivity contribution is 0.00578. The Labute approximate surface area is 149 Å². The van der Waals surface area contributed by atoms with E-state index in [1.807, 2.05) is 36.4 Å². The summed E-state index contributed by atoms with van der Waals surface area (Å²) >= 11 is 0. The van der Waals surface area contributed by atoms with Crippen LogP contribution in [0.5, 0.6) is 5.75 Å². The van der Waals surface area contributed by atoms with Crippen LogP contribution in [0, 0.1) is 0 Å². The Balaban J connectivity index is 1.67. The summed E-state index contributed by atoms with van der Waals surface area (Å²) in [6.07, 6.45) is 1.77. The smallest absolute Gasteiger partial charge is 0.495 e. The fraction of sp³-hybridized carbons (Fsp3) is 0.421. The molecule has 1 fully saturated rings. The Hall–Kier alpha value is -2.05. The maximum atomic E-state index is 6.10. The Bertz CT molecular complexity index is 716.